The van der Waals surface area contributed by atoms with Crippen LogP contribution in [0, 0.1) is 6.92 Å². The molecule has 0 aliphatic carbocycles. The molecule has 0 saturated heterocycles. The molecule has 110 valence electrons. The average Bonchev–Trinajstić information content (AvgIpc) is 2.93. The summed E-state index contributed by atoms with van der Waals surface area (Å²) in [6.07, 6.45) is 0.822. The Bertz CT molecular complexity index is 686. The molecule has 1 aliphatic rings. The molecule has 21 heavy (non-hydrogen) atoms. The maximum atomic E-state index is 11.7. The third kappa shape index (κ3) is 2.44. The lowest BCUT2D eigenvalue weighted by Gasteiger charge is -2.34. The summed E-state index contributed by atoms with van der Waals surface area (Å²) in [7, 11) is 1.54. The van der Waals surface area contributed by atoms with Crippen LogP contribution in [0.5, 0.6) is 5.88 Å². The van der Waals surface area contributed by atoms with E-state index in [-0.39, 0.29) is 0 Å². The predicted octanol–water partition coefficient (Wildman–Crippen LogP) is 2.04. The first kappa shape index (κ1) is 13.8. The largest absolute Gasteiger partial charge is 0.481 e. The number of ether oxygens (including phenoxy) is 1. The fourth-order valence-corrected chi connectivity index (χ4v) is 3.51. The molecule has 3 rings (SSSR count). The Hall–Kier alpha value is -2.15. The number of aliphatic carboxylic acids is 1. The number of hydrogen-bond acceptors (Lipinski definition) is 6. The highest BCUT2D eigenvalue weighted by atomic mass is 32.1. The van der Waals surface area contributed by atoms with Gasteiger partial charge in [-0.2, -0.15) is 4.98 Å². The first-order valence-electron chi connectivity index (χ1n) is 6.55. The molecule has 0 saturated carbocycles. The molecular formula is C14H15N3O3S. The predicted molar refractivity (Wildman–Crippen MR) is 79.1 cm³/mol. The second-order valence-electron chi connectivity index (χ2n) is 4.80. The smallest absolute Gasteiger partial charge is 0.331 e. The second kappa shape index (κ2) is 5.33. The van der Waals surface area contributed by atoms with Crippen LogP contribution in [0.2, 0.25) is 0 Å². The van der Waals surface area contributed by atoms with Gasteiger partial charge in [0.1, 0.15) is 11.6 Å². The van der Waals surface area contributed by atoms with Crippen molar-refractivity contribution in [2.75, 3.05) is 18.6 Å². The number of aromatic nitrogens is 2. The van der Waals surface area contributed by atoms with Crippen LogP contribution in [0.3, 0.4) is 0 Å². The minimum absolute atomic E-state index is 0.442. The summed E-state index contributed by atoms with van der Waals surface area (Å²) in [5, 5.41) is 11.6. The van der Waals surface area contributed by atoms with E-state index in [0.29, 0.717) is 24.1 Å². The van der Waals surface area contributed by atoms with E-state index in [1.807, 2.05) is 11.4 Å². The standard InChI is InChI=1S/C14H15N3O3S/c1-8-15-11(7-12(16-8)20-2)17-5-3-10-9(4-6-21-10)13(17)14(18)19/h4,6-7,13H,3,5H2,1-2H3,(H,18,19). The number of carbonyl (C=O) groups is 1. The first-order valence-corrected chi connectivity index (χ1v) is 7.43. The van der Waals surface area contributed by atoms with Gasteiger partial charge >= 0.3 is 5.97 Å². The lowest BCUT2D eigenvalue weighted by atomic mass is 10.00. The molecule has 1 unspecified atom stereocenters. The molecule has 1 atom stereocenters. The van der Waals surface area contributed by atoms with Crippen LogP contribution in [0.4, 0.5) is 5.82 Å². The Morgan fingerprint density at radius 3 is 3.05 bits per heavy atom. The van der Waals surface area contributed by atoms with E-state index in [9.17, 15) is 9.90 Å². The summed E-state index contributed by atoms with van der Waals surface area (Å²) < 4.78 is 5.15. The van der Waals surface area contributed by atoms with Crippen LogP contribution >= 0.6 is 11.3 Å². The Kier molecular flexibility index (Phi) is 3.50. The van der Waals surface area contributed by atoms with E-state index in [0.717, 1.165) is 16.9 Å². The summed E-state index contributed by atoms with van der Waals surface area (Å²) in [5.74, 6) is 0.718. The van der Waals surface area contributed by atoms with Crippen molar-refractivity contribution in [2.24, 2.45) is 0 Å². The van der Waals surface area contributed by atoms with Crippen molar-refractivity contribution in [1.82, 2.24) is 9.97 Å². The Labute approximate surface area is 126 Å². The van der Waals surface area contributed by atoms with Crippen LogP contribution in [-0.4, -0.2) is 34.7 Å². The number of fused-ring (bicyclic) bond motifs is 1. The van der Waals surface area contributed by atoms with Gasteiger partial charge in [-0.1, -0.05) is 0 Å². The average molecular weight is 305 g/mol. The fourth-order valence-electron chi connectivity index (χ4n) is 2.61. The zero-order chi connectivity index (χ0) is 15.0. The van der Waals surface area contributed by atoms with Crippen molar-refractivity contribution < 1.29 is 14.6 Å². The van der Waals surface area contributed by atoms with Gasteiger partial charge in [-0.05, 0) is 30.4 Å². The summed E-state index contributed by atoms with van der Waals surface area (Å²) in [5.41, 5.74) is 0.856. The molecule has 0 aromatic carbocycles. The summed E-state index contributed by atoms with van der Waals surface area (Å²) in [6.45, 7) is 2.38. The Morgan fingerprint density at radius 2 is 2.33 bits per heavy atom. The van der Waals surface area contributed by atoms with Crippen molar-refractivity contribution in [2.45, 2.75) is 19.4 Å². The van der Waals surface area contributed by atoms with Crippen LogP contribution in [-0.2, 0) is 11.2 Å². The van der Waals surface area contributed by atoms with Crippen molar-refractivity contribution in [1.29, 1.82) is 0 Å². The molecule has 0 spiro atoms. The highest BCUT2D eigenvalue weighted by molar-refractivity contribution is 7.10. The zero-order valence-electron chi connectivity index (χ0n) is 11.7. The molecule has 0 fully saturated rings. The maximum Gasteiger partial charge on any atom is 0.331 e. The number of rotatable bonds is 3. The monoisotopic (exact) mass is 305 g/mol. The minimum Gasteiger partial charge on any atom is -0.481 e. The fraction of sp³-hybridized carbons (Fsp3) is 0.357. The summed E-state index contributed by atoms with van der Waals surface area (Å²) >= 11 is 1.61. The molecule has 7 heteroatoms. The summed E-state index contributed by atoms with van der Waals surface area (Å²) in [4.78, 5) is 23.2. The number of aryl methyl sites for hydroxylation is 1. The maximum absolute atomic E-state index is 11.7. The third-order valence-electron chi connectivity index (χ3n) is 3.50. The lowest BCUT2D eigenvalue weighted by Crippen LogP contribution is -2.39. The normalized spacial score (nSPS) is 17.4. The van der Waals surface area contributed by atoms with Crippen LogP contribution in [0.25, 0.3) is 0 Å². The molecule has 0 bridgehead atoms. The first-order chi connectivity index (χ1) is 10.1. The van der Waals surface area contributed by atoms with Crippen molar-refractivity contribution in [3.63, 3.8) is 0 Å². The number of hydrogen-bond donors (Lipinski definition) is 1. The van der Waals surface area contributed by atoms with Gasteiger partial charge in [0.25, 0.3) is 0 Å². The van der Waals surface area contributed by atoms with Crippen molar-refractivity contribution >= 4 is 23.1 Å². The molecule has 1 aliphatic heterocycles. The van der Waals surface area contributed by atoms with E-state index in [4.69, 9.17) is 4.74 Å². The van der Waals surface area contributed by atoms with Gasteiger partial charge in [-0.15, -0.1) is 11.3 Å². The number of methoxy groups -OCH3 is 1. The van der Waals surface area contributed by atoms with Crippen LogP contribution in [0.15, 0.2) is 17.5 Å². The number of nitrogens with zero attached hydrogens (tertiary/aromatic N) is 3. The number of carboxylic acids is 1. The lowest BCUT2D eigenvalue weighted by molar-refractivity contribution is -0.138. The highest BCUT2D eigenvalue weighted by Crippen LogP contribution is 2.36. The van der Waals surface area contributed by atoms with Gasteiger partial charge < -0.3 is 14.7 Å². The van der Waals surface area contributed by atoms with E-state index in [1.54, 1.807) is 29.2 Å². The van der Waals surface area contributed by atoms with E-state index < -0.39 is 12.0 Å². The molecule has 0 amide bonds. The molecule has 1 N–H and O–H groups in total. The molecule has 0 radical (unpaired) electrons. The van der Waals surface area contributed by atoms with E-state index in [1.165, 1.54) is 7.11 Å². The Balaban J connectivity index is 2.05. The number of thiophene rings is 1. The molecule has 2 aromatic rings. The van der Waals surface area contributed by atoms with E-state index >= 15 is 0 Å². The van der Waals surface area contributed by atoms with Gasteiger partial charge in [0.2, 0.25) is 5.88 Å². The number of carboxylic acid groups (broad SMARTS) is 1. The zero-order valence-corrected chi connectivity index (χ0v) is 12.6. The van der Waals surface area contributed by atoms with Crippen molar-refractivity contribution in [3.05, 3.63) is 33.8 Å². The van der Waals surface area contributed by atoms with Gasteiger partial charge in [-0.25, -0.2) is 9.78 Å². The molecule has 6 nitrogen and oxygen atoms in total. The third-order valence-corrected chi connectivity index (χ3v) is 4.50. The van der Waals surface area contributed by atoms with Gasteiger partial charge in [0.05, 0.1) is 7.11 Å². The van der Waals surface area contributed by atoms with Crippen LogP contribution in [0.1, 0.15) is 22.3 Å². The van der Waals surface area contributed by atoms with Crippen LogP contribution < -0.4 is 9.64 Å². The van der Waals surface area contributed by atoms with E-state index in [2.05, 4.69) is 9.97 Å². The SMILES string of the molecule is COc1cc(N2CCc3sccc3C2C(=O)O)nc(C)n1. The molecular weight excluding hydrogens is 290 g/mol. The summed E-state index contributed by atoms with van der Waals surface area (Å²) in [6, 6.07) is 2.86. The topological polar surface area (TPSA) is 75.5 Å². The highest BCUT2D eigenvalue weighted by Gasteiger charge is 2.34. The van der Waals surface area contributed by atoms with Gasteiger partial charge in [-0.3, -0.25) is 0 Å². The molecule has 2 aromatic heterocycles. The van der Waals surface area contributed by atoms with Gasteiger partial charge in [0.15, 0.2) is 6.04 Å². The van der Waals surface area contributed by atoms with Crippen molar-refractivity contribution in [3.8, 4) is 5.88 Å². The Morgan fingerprint density at radius 1 is 1.52 bits per heavy atom. The van der Waals surface area contributed by atoms with Gasteiger partial charge in [0, 0.05) is 17.5 Å². The molecule has 3 heterocycles. The second-order valence-corrected chi connectivity index (χ2v) is 5.80. The minimum atomic E-state index is -0.871. The quantitative estimate of drug-likeness (QED) is 0.935. The number of anilines is 1.